The minimum absolute atomic E-state index is 0.0307. The van der Waals surface area contributed by atoms with Gasteiger partial charge in [0, 0.05) is 32.3 Å². The summed E-state index contributed by atoms with van der Waals surface area (Å²) in [6.07, 6.45) is -3.15. The van der Waals surface area contributed by atoms with Gasteiger partial charge in [-0.15, -0.1) is 0 Å². The van der Waals surface area contributed by atoms with Gasteiger partial charge in [-0.25, -0.2) is 14.4 Å². The Kier molecular flexibility index (Phi) is 10.8. The van der Waals surface area contributed by atoms with Gasteiger partial charge in [0.1, 0.15) is 23.1 Å². The SMILES string of the molecule is CCCCN(C(=O)CCc1ccc(OCCOC)cc1Oc1ncc(C(F)(F)F)cc1Cl)S(N)(=O)=O. The van der Waals surface area contributed by atoms with Crippen LogP contribution in [0.15, 0.2) is 30.5 Å². The van der Waals surface area contributed by atoms with Gasteiger partial charge in [-0.1, -0.05) is 31.0 Å². The molecule has 1 amide bonds. The minimum Gasteiger partial charge on any atom is -0.491 e. The maximum absolute atomic E-state index is 12.9. The Balaban J connectivity index is 2.31. The third-order valence-corrected chi connectivity index (χ3v) is 6.12. The molecular weight excluding hydrogens is 527 g/mol. The van der Waals surface area contributed by atoms with E-state index in [0.717, 1.165) is 0 Å². The number of aromatic nitrogens is 1. The van der Waals surface area contributed by atoms with Crippen LogP contribution >= 0.6 is 11.6 Å². The summed E-state index contributed by atoms with van der Waals surface area (Å²) < 4.78 is 79.3. The van der Waals surface area contributed by atoms with E-state index >= 15 is 0 Å². The quantitative estimate of drug-likeness (QED) is 0.366. The van der Waals surface area contributed by atoms with E-state index in [1.807, 2.05) is 6.92 Å². The Bertz CT molecular complexity index is 1150. The third kappa shape index (κ3) is 8.80. The van der Waals surface area contributed by atoms with E-state index in [1.165, 1.54) is 13.2 Å². The number of pyridine rings is 1. The van der Waals surface area contributed by atoms with Crippen molar-refractivity contribution in [2.75, 3.05) is 26.9 Å². The standard InChI is InChI=1S/C22H27ClF3N3O6S/c1-3-4-9-29(36(27,31)32)20(30)8-6-15-5-7-17(34-11-10-33-2)13-19(15)35-21-18(23)12-16(14-28-21)22(24,25)26/h5,7,12-14H,3-4,6,8-11H2,1-2H3,(H2,27,31,32). The number of nitrogens with two attached hydrogens (primary N) is 1. The molecule has 0 atom stereocenters. The van der Waals surface area contributed by atoms with E-state index in [9.17, 15) is 26.4 Å². The number of carbonyl (C=O) groups is 1. The van der Waals surface area contributed by atoms with Crippen LogP contribution in [0, 0.1) is 0 Å². The zero-order valence-electron chi connectivity index (χ0n) is 19.7. The second-order valence-electron chi connectivity index (χ2n) is 7.59. The number of carbonyl (C=O) groups excluding carboxylic acids is 1. The van der Waals surface area contributed by atoms with E-state index in [4.69, 9.17) is 31.0 Å². The fraction of sp³-hybridized carbons (Fsp3) is 0.455. The molecule has 2 rings (SSSR count). The molecule has 2 aromatic rings. The second-order valence-corrected chi connectivity index (χ2v) is 9.46. The predicted octanol–water partition coefficient (Wildman–Crippen LogP) is 4.34. The van der Waals surface area contributed by atoms with Gasteiger partial charge in [-0.2, -0.15) is 21.6 Å². The first-order valence-electron chi connectivity index (χ1n) is 10.8. The summed E-state index contributed by atoms with van der Waals surface area (Å²) in [5.41, 5.74) is -0.609. The Morgan fingerprint density at radius 2 is 1.94 bits per heavy atom. The monoisotopic (exact) mass is 553 g/mol. The van der Waals surface area contributed by atoms with Crippen LogP contribution in [0.2, 0.25) is 5.02 Å². The summed E-state index contributed by atoms with van der Waals surface area (Å²) in [7, 11) is -2.74. The summed E-state index contributed by atoms with van der Waals surface area (Å²) in [5, 5.41) is 4.81. The van der Waals surface area contributed by atoms with Crippen molar-refractivity contribution in [1.82, 2.24) is 9.29 Å². The molecule has 0 radical (unpaired) electrons. The average molecular weight is 554 g/mol. The number of rotatable bonds is 13. The Labute approximate surface area is 212 Å². The molecule has 14 heteroatoms. The number of benzene rings is 1. The summed E-state index contributed by atoms with van der Waals surface area (Å²) >= 11 is 5.97. The lowest BCUT2D eigenvalue weighted by molar-refractivity contribution is -0.137. The number of ether oxygens (including phenoxy) is 3. The van der Waals surface area contributed by atoms with Crippen LogP contribution in [0.25, 0.3) is 0 Å². The van der Waals surface area contributed by atoms with Crippen LogP contribution in [-0.4, -0.2) is 50.5 Å². The molecule has 2 N–H and O–H groups in total. The first kappa shape index (κ1) is 29.6. The Morgan fingerprint density at radius 1 is 1.22 bits per heavy atom. The maximum Gasteiger partial charge on any atom is 0.417 e. The zero-order chi connectivity index (χ0) is 26.9. The van der Waals surface area contributed by atoms with Crippen LogP contribution in [-0.2, 0) is 32.3 Å². The fourth-order valence-corrected chi connectivity index (χ4v) is 3.95. The highest BCUT2D eigenvalue weighted by atomic mass is 35.5. The van der Waals surface area contributed by atoms with Crippen molar-refractivity contribution in [2.45, 2.75) is 38.8 Å². The molecule has 0 unspecified atom stereocenters. The number of hydrogen-bond acceptors (Lipinski definition) is 7. The Morgan fingerprint density at radius 3 is 2.53 bits per heavy atom. The zero-order valence-corrected chi connectivity index (χ0v) is 21.3. The molecular formula is C22H27ClF3N3O6S. The molecule has 9 nitrogen and oxygen atoms in total. The summed E-state index contributed by atoms with van der Waals surface area (Å²) in [6.45, 7) is 2.31. The molecule has 200 valence electrons. The van der Waals surface area contributed by atoms with Gasteiger partial charge in [0.2, 0.25) is 11.8 Å². The Hall–Kier alpha value is -2.61. The fourth-order valence-electron chi connectivity index (χ4n) is 2.99. The smallest absolute Gasteiger partial charge is 0.417 e. The van der Waals surface area contributed by atoms with Crippen LogP contribution in [0.3, 0.4) is 0 Å². The number of amides is 1. The predicted molar refractivity (Wildman–Crippen MR) is 126 cm³/mol. The van der Waals surface area contributed by atoms with E-state index in [-0.39, 0.29) is 42.6 Å². The van der Waals surface area contributed by atoms with Gasteiger partial charge in [0.15, 0.2) is 0 Å². The number of hydrogen-bond donors (Lipinski definition) is 1. The maximum atomic E-state index is 12.9. The lowest BCUT2D eigenvalue weighted by atomic mass is 10.1. The molecule has 0 bridgehead atoms. The molecule has 0 saturated carbocycles. The van der Waals surface area contributed by atoms with Gasteiger partial charge >= 0.3 is 16.4 Å². The van der Waals surface area contributed by atoms with Gasteiger partial charge in [0.25, 0.3) is 0 Å². The summed E-state index contributed by atoms with van der Waals surface area (Å²) in [5.74, 6) is -0.528. The number of methoxy groups -OCH3 is 1. The van der Waals surface area contributed by atoms with Crippen molar-refractivity contribution in [2.24, 2.45) is 5.14 Å². The number of unbranched alkanes of at least 4 members (excludes halogenated alkanes) is 1. The van der Waals surface area contributed by atoms with Crippen molar-refractivity contribution in [3.05, 3.63) is 46.6 Å². The summed E-state index contributed by atoms with van der Waals surface area (Å²) in [4.78, 5) is 16.3. The van der Waals surface area contributed by atoms with Crippen LogP contribution < -0.4 is 14.6 Å². The first-order valence-corrected chi connectivity index (χ1v) is 12.7. The van der Waals surface area contributed by atoms with Crippen molar-refractivity contribution in [3.63, 3.8) is 0 Å². The molecule has 1 aromatic carbocycles. The molecule has 1 aromatic heterocycles. The lowest BCUT2D eigenvalue weighted by Gasteiger charge is -2.20. The normalized spacial score (nSPS) is 11.9. The van der Waals surface area contributed by atoms with Gasteiger partial charge in [0.05, 0.1) is 12.2 Å². The molecule has 0 saturated heterocycles. The van der Waals surface area contributed by atoms with Crippen molar-refractivity contribution in [1.29, 1.82) is 0 Å². The van der Waals surface area contributed by atoms with E-state index < -0.39 is 27.9 Å². The van der Waals surface area contributed by atoms with Gasteiger partial charge in [-0.3, -0.25) is 4.79 Å². The van der Waals surface area contributed by atoms with Gasteiger partial charge in [-0.05, 0) is 30.5 Å². The molecule has 0 spiro atoms. The molecule has 0 aliphatic rings. The first-order chi connectivity index (χ1) is 16.9. The largest absolute Gasteiger partial charge is 0.491 e. The van der Waals surface area contributed by atoms with Crippen LogP contribution in [0.1, 0.15) is 37.3 Å². The van der Waals surface area contributed by atoms with E-state index in [0.29, 0.717) is 47.3 Å². The number of nitrogens with zero attached hydrogens (tertiary/aromatic N) is 2. The van der Waals surface area contributed by atoms with Crippen LogP contribution in [0.4, 0.5) is 13.2 Å². The third-order valence-electron chi connectivity index (χ3n) is 4.84. The second kappa shape index (κ2) is 13.1. The number of aryl methyl sites for hydroxylation is 1. The molecule has 0 fully saturated rings. The highest BCUT2D eigenvalue weighted by Gasteiger charge is 2.32. The van der Waals surface area contributed by atoms with Crippen molar-refractivity contribution >= 4 is 27.7 Å². The highest BCUT2D eigenvalue weighted by molar-refractivity contribution is 7.87. The number of halogens is 4. The molecule has 0 aliphatic heterocycles. The van der Waals surface area contributed by atoms with Crippen molar-refractivity contribution in [3.8, 4) is 17.4 Å². The molecule has 1 heterocycles. The molecule has 36 heavy (non-hydrogen) atoms. The molecule has 0 aliphatic carbocycles. The minimum atomic E-state index is -4.64. The topological polar surface area (TPSA) is 121 Å². The average Bonchev–Trinajstić information content (AvgIpc) is 2.78. The number of alkyl halides is 3. The summed E-state index contributed by atoms with van der Waals surface area (Å²) in [6, 6.07) is 5.32. The van der Waals surface area contributed by atoms with E-state index in [2.05, 4.69) is 4.98 Å². The van der Waals surface area contributed by atoms with E-state index in [1.54, 1.807) is 12.1 Å². The highest BCUT2D eigenvalue weighted by Crippen LogP contribution is 2.36. The lowest BCUT2D eigenvalue weighted by Crippen LogP contribution is -2.42. The van der Waals surface area contributed by atoms with Crippen LogP contribution in [0.5, 0.6) is 17.4 Å². The van der Waals surface area contributed by atoms with Gasteiger partial charge < -0.3 is 14.2 Å². The van der Waals surface area contributed by atoms with Crippen molar-refractivity contribution < 1.29 is 40.6 Å².